The molecule has 9 nitrogen and oxygen atoms in total. The number of hydrogen-bond donors (Lipinski definition) is 2. The monoisotopic (exact) mass is 579 g/mol. The lowest BCUT2D eigenvalue weighted by molar-refractivity contribution is -0.136. The largest absolute Gasteiger partial charge is 0.310 e. The van der Waals surface area contributed by atoms with E-state index in [4.69, 9.17) is 0 Å². The van der Waals surface area contributed by atoms with Crippen molar-refractivity contribution in [2.45, 2.75) is 67.8 Å². The molecule has 4 saturated carbocycles. The Bertz CT molecular complexity index is 1210. The summed E-state index contributed by atoms with van der Waals surface area (Å²) < 4.78 is 0. The molecule has 1 aromatic carbocycles. The first-order valence-corrected chi connectivity index (χ1v) is 16.5. The van der Waals surface area contributed by atoms with E-state index < -0.39 is 23.8 Å². The highest BCUT2D eigenvalue weighted by Gasteiger charge is 2.50. The van der Waals surface area contributed by atoms with Crippen LogP contribution in [0.25, 0.3) is 0 Å². The molecule has 10 heteroatoms. The van der Waals surface area contributed by atoms with Gasteiger partial charge in [-0.15, -0.1) is 11.8 Å². The van der Waals surface area contributed by atoms with Crippen LogP contribution in [0.3, 0.4) is 0 Å². The van der Waals surface area contributed by atoms with Gasteiger partial charge in [-0.1, -0.05) is 6.07 Å². The zero-order valence-corrected chi connectivity index (χ0v) is 24.6. The Labute approximate surface area is 246 Å². The minimum absolute atomic E-state index is 0.122. The highest BCUT2D eigenvalue weighted by Crippen LogP contribution is 2.55. The number of piperidine rings is 1. The van der Waals surface area contributed by atoms with Gasteiger partial charge in [0.15, 0.2) is 0 Å². The molecule has 1 unspecified atom stereocenters. The molecule has 0 spiro atoms. The van der Waals surface area contributed by atoms with Gasteiger partial charge >= 0.3 is 0 Å². The average Bonchev–Trinajstić information content (AvgIpc) is 3.19. The molecule has 1 atom stereocenters. The fourth-order valence-corrected chi connectivity index (χ4v) is 10.0. The predicted octanol–water partition coefficient (Wildman–Crippen LogP) is 2.36. The number of carbonyl (C=O) groups is 4. The Morgan fingerprint density at radius 3 is 2.20 bits per heavy atom. The molecule has 4 amide bonds. The number of nitrogens with one attached hydrogen (secondary N) is 2. The number of rotatable bonds is 9. The molecule has 8 rings (SSSR count). The smallest absolute Gasteiger partial charge is 0.263 e. The first kappa shape index (κ1) is 27.6. The van der Waals surface area contributed by atoms with Crippen molar-refractivity contribution < 1.29 is 19.2 Å². The van der Waals surface area contributed by atoms with E-state index in [1.165, 1.54) is 38.5 Å². The molecule has 6 fully saturated rings. The van der Waals surface area contributed by atoms with Gasteiger partial charge in [-0.05, 0) is 74.8 Å². The van der Waals surface area contributed by atoms with Crippen molar-refractivity contribution in [3.63, 3.8) is 0 Å². The van der Waals surface area contributed by atoms with Crippen LogP contribution in [-0.2, 0) is 9.59 Å². The summed E-state index contributed by atoms with van der Waals surface area (Å²) in [4.78, 5) is 57.3. The molecule has 220 valence electrons. The molecular formula is C31H41N5O4S. The maximum atomic E-state index is 13.3. The van der Waals surface area contributed by atoms with Crippen LogP contribution in [0.2, 0.25) is 0 Å². The molecule has 0 radical (unpaired) electrons. The van der Waals surface area contributed by atoms with Crippen LogP contribution < -0.4 is 10.6 Å². The fourth-order valence-electron chi connectivity index (χ4n) is 8.93. The summed E-state index contributed by atoms with van der Waals surface area (Å²) in [5.41, 5.74) is 1.18. The zero-order valence-electron chi connectivity index (χ0n) is 23.7. The van der Waals surface area contributed by atoms with Gasteiger partial charge in [0, 0.05) is 68.4 Å². The van der Waals surface area contributed by atoms with Crippen LogP contribution >= 0.6 is 11.8 Å². The van der Waals surface area contributed by atoms with Crippen LogP contribution in [0.4, 0.5) is 0 Å². The molecule has 0 aromatic heterocycles. The number of piperazine rings is 1. The summed E-state index contributed by atoms with van der Waals surface area (Å²) in [5, 5.41) is 6.30. The van der Waals surface area contributed by atoms with Crippen LogP contribution in [0.15, 0.2) is 23.1 Å². The third-order valence-corrected chi connectivity index (χ3v) is 11.6. The summed E-state index contributed by atoms with van der Waals surface area (Å²) in [6.45, 7) is 7.41. The van der Waals surface area contributed by atoms with Crippen molar-refractivity contribution in [3.05, 3.63) is 29.3 Å². The van der Waals surface area contributed by atoms with Gasteiger partial charge in [-0.2, -0.15) is 0 Å². The van der Waals surface area contributed by atoms with E-state index in [0.29, 0.717) is 16.7 Å². The van der Waals surface area contributed by atoms with E-state index >= 15 is 0 Å². The van der Waals surface area contributed by atoms with Gasteiger partial charge in [-0.25, -0.2) is 0 Å². The van der Waals surface area contributed by atoms with E-state index in [-0.39, 0.29) is 18.7 Å². The summed E-state index contributed by atoms with van der Waals surface area (Å²) in [5.74, 6) is 1.94. The molecule has 2 saturated heterocycles. The number of fused-ring (bicyclic) bond motifs is 1. The molecule has 4 aliphatic carbocycles. The Hall–Kier alpha value is -2.27. The van der Waals surface area contributed by atoms with Gasteiger partial charge in [-0.3, -0.25) is 39.2 Å². The van der Waals surface area contributed by atoms with Gasteiger partial charge in [0.25, 0.3) is 11.8 Å². The average molecular weight is 580 g/mol. The molecule has 4 bridgehead atoms. The van der Waals surface area contributed by atoms with Crippen LogP contribution in [0.5, 0.6) is 0 Å². The lowest BCUT2D eigenvalue weighted by Crippen LogP contribution is -2.59. The van der Waals surface area contributed by atoms with Crippen LogP contribution in [0.1, 0.15) is 72.1 Å². The molecule has 2 N–H and O–H groups in total. The SMILES string of the molecule is O=C1CCC(N2C(=O)c3cccc(SCCN4CCN(CCNC56CC7CC(CC(C7)C5)C6)CC4)c3C2=O)C(=O)N1. The first-order valence-electron chi connectivity index (χ1n) is 15.5. The summed E-state index contributed by atoms with van der Waals surface area (Å²) in [7, 11) is 0. The maximum absolute atomic E-state index is 13.3. The van der Waals surface area contributed by atoms with Gasteiger partial charge in [0.1, 0.15) is 6.04 Å². The number of benzene rings is 1. The highest BCUT2D eigenvalue weighted by molar-refractivity contribution is 7.99. The summed E-state index contributed by atoms with van der Waals surface area (Å²) in [6.07, 6.45) is 8.98. The first-order chi connectivity index (χ1) is 19.9. The lowest BCUT2D eigenvalue weighted by Gasteiger charge is -2.57. The Balaban J connectivity index is 0.868. The maximum Gasteiger partial charge on any atom is 0.263 e. The number of carbonyl (C=O) groups excluding carboxylic acids is 4. The van der Waals surface area contributed by atoms with Gasteiger partial charge in [0.2, 0.25) is 11.8 Å². The molecule has 7 aliphatic rings. The van der Waals surface area contributed by atoms with E-state index in [0.717, 1.165) is 79.1 Å². The Kier molecular flexibility index (Phi) is 7.46. The zero-order chi connectivity index (χ0) is 28.1. The lowest BCUT2D eigenvalue weighted by atomic mass is 9.53. The minimum Gasteiger partial charge on any atom is -0.310 e. The van der Waals surface area contributed by atoms with Gasteiger partial charge < -0.3 is 5.32 Å². The Morgan fingerprint density at radius 1 is 0.878 bits per heavy atom. The van der Waals surface area contributed by atoms with E-state index in [1.54, 1.807) is 23.9 Å². The van der Waals surface area contributed by atoms with Gasteiger partial charge in [0.05, 0.1) is 11.1 Å². The van der Waals surface area contributed by atoms with Crippen LogP contribution in [-0.4, -0.2) is 101 Å². The van der Waals surface area contributed by atoms with Crippen molar-refractivity contribution in [1.82, 2.24) is 25.3 Å². The van der Waals surface area contributed by atoms with E-state index in [9.17, 15) is 19.2 Å². The summed E-state index contributed by atoms with van der Waals surface area (Å²) >= 11 is 1.60. The molecule has 3 heterocycles. The number of amides is 4. The number of nitrogens with zero attached hydrogens (tertiary/aromatic N) is 3. The van der Waals surface area contributed by atoms with Crippen molar-refractivity contribution >= 4 is 35.4 Å². The normalized spacial score (nSPS) is 33.5. The van der Waals surface area contributed by atoms with Crippen molar-refractivity contribution in [2.75, 3.05) is 51.6 Å². The predicted molar refractivity (Wildman–Crippen MR) is 156 cm³/mol. The highest BCUT2D eigenvalue weighted by atomic mass is 32.2. The molecule has 41 heavy (non-hydrogen) atoms. The standard InChI is InChI=1S/C31H41N5O4S/c37-26-5-4-24(28(38)33-26)36-29(39)23-2-1-3-25(27(23)30(36)40)41-13-12-35-10-8-34(9-11-35)7-6-32-31-17-20-14-21(18-31)16-22(15-20)19-31/h1-3,20-22,24,32H,4-19H2,(H,33,37,38). The summed E-state index contributed by atoms with van der Waals surface area (Å²) in [6, 6.07) is 4.41. The van der Waals surface area contributed by atoms with Crippen molar-refractivity contribution in [1.29, 1.82) is 0 Å². The van der Waals surface area contributed by atoms with E-state index in [2.05, 4.69) is 20.4 Å². The molecule has 1 aromatic rings. The van der Waals surface area contributed by atoms with E-state index in [1.807, 2.05) is 6.07 Å². The topological polar surface area (TPSA) is 102 Å². The number of imide groups is 2. The second kappa shape index (κ2) is 11.1. The quantitative estimate of drug-likeness (QED) is 0.340. The Morgan fingerprint density at radius 2 is 1.54 bits per heavy atom. The number of thioether (sulfide) groups is 1. The minimum atomic E-state index is -0.933. The van der Waals surface area contributed by atoms with Crippen molar-refractivity contribution in [3.8, 4) is 0 Å². The molecular weight excluding hydrogens is 538 g/mol. The second-order valence-corrected chi connectivity index (χ2v) is 14.4. The third kappa shape index (κ3) is 5.37. The van der Waals surface area contributed by atoms with Crippen LogP contribution in [0, 0.1) is 17.8 Å². The van der Waals surface area contributed by atoms with Crippen molar-refractivity contribution in [2.24, 2.45) is 17.8 Å². The fraction of sp³-hybridized carbons (Fsp3) is 0.677. The number of hydrogen-bond acceptors (Lipinski definition) is 8. The second-order valence-electron chi connectivity index (χ2n) is 13.3. The third-order valence-electron chi connectivity index (χ3n) is 10.5. The molecule has 3 aliphatic heterocycles.